The second-order valence-electron chi connectivity index (χ2n) is 5.63. The Bertz CT molecular complexity index is 497. The quantitative estimate of drug-likeness (QED) is 0.832. The van der Waals surface area contributed by atoms with Gasteiger partial charge in [-0.2, -0.15) is 13.2 Å². The Morgan fingerprint density at radius 3 is 2.36 bits per heavy atom. The van der Waals surface area contributed by atoms with E-state index in [1.165, 1.54) is 0 Å². The monoisotopic (exact) mass is 316 g/mol. The molecular weight excluding hydrogens is 297 g/mol. The highest BCUT2D eigenvalue weighted by atomic mass is 19.4. The minimum absolute atomic E-state index is 0.356. The van der Waals surface area contributed by atoms with Crippen LogP contribution in [0.25, 0.3) is 0 Å². The van der Waals surface area contributed by atoms with E-state index in [-0.39, 0.29) is 0 Å². The number of rotatable bonds is 2. The van der Waals surface area contributed by atoms with Gasteiger partial charge in [-0.3, -0.25) is 4.90 Å². The van der Waals surface area contributed by atoms with E-state index in [9.17, 15) is 13.2 Å². The van der Waals surface area contributed by atoms with Crippen molar-refractivity contribution >= 4 is 5.82 Å². The summed E-state index contributed by atoms with van der Waals surface area (Å²) in [5.41, 5.74) is -0.885. The van der Waals surface area contributed by atoms with Crippen molar-refractivity contribution in [2.24, 2.45) is 0 Å². The SMILES string of the molecule is FC(F)(F)c1cc(N2CCN(C3CCOCC3)CC2)ncn1. The zero-order valence-corrected chi connectivity index (χ0v) is 12.2. The van der Waals surface area contributed by atoms with Crippen LogP contribution in [0.4, 0.5) is 19.0 Å². The molecule has 122 valence electrons. The summed E-state index contributed by atoms with van der Waals surface area (Å²) in [6.07, 6.45) is -1.37. The summed E-state index contributed by atoms with van der Waals surface area (Å²) in [6, 6.07) is 1.57. The molecular formula is C14H19F3N4O. The van der Waals surface area contributed by atoms with Crippen LogP contribution in [0.5, 0.6) is 0 Å². The van der Waals surface area contributed by atoms with Gasteiger partial charge in [-0.25, -0.2) is 9.97 Å². The summed E-state index contributed by atoms with van der Waals surface area (Å²) >= 11 is 0. The molecule has 0 saturated carbocycles. The van der Waals surface area contributed by atoms with Crippen molar-refractivity contribution in [3.63, 3.8) is 0 Å². The highest BCUT2D eigenvalue weighted by molar-refractivity contribution is 5.40. The number of hydrogen-bond donors (Lipinski definition) is 0. The molecule has 1 aromatic heterocycles. The van der Waals surface area contributed by atoms with Gasteiger partial charge in [-0.05, 0) is 12.8 Å². The average Bonchev–Trinajstić information content (AvgIpc) is 2.55. The maximum absolute atomic E-state index is 12.7. The second-order valence-corrected chi connectivity index (χ2v) is 5.63. The van der Waals surface area contributed by atoms with Crippen LogP contribution in [0.2, 0.25) is 0 Å². The van der Waals surface area contributed by atoms with Crippen molar-refractivity contribution in [2.75, 3.05) is 44.3 Å². The van der Waals surface area contributed by atoms with Gasteiger partial charge in [0.2, 0.25) is 0 Å². The standard InChI is InChI=1S/C14H19F3N4O/c15-14(16,17)12-9-13(19-10-18-12)21-5-3-20(4-6-21)11-1-7-22-8-2-11/h9-11H,1-8H2. The van der Waals surface area contributed by atoms with Crippen LogP contribution in [0.1, 0.15) is 18.5 Å². The number of alkyl halides is 3. The molecule has 2 aliphatic rings. The zero-order valence-electron chi connectivity index (χ0n) is 12.2. The lowest BCUT2D eigenvalue weighted by atomic mass is 10.1. The van der Waals surface area contributed by atoms with E-state index in [1.54, 1.807) is 0 Å². The molecule has 22 heavy (non-hydrogen) atoms. The Morgan fingerprint density at radius 2 is 1.73 bits per heavy atom. The molecule has 0 aromatic carbocycles. The normalized spacial score (nSPS) is 22.0. The van der Waals surface area contributed by atoms with E-state index in [0.29, 0.717) is 24.9 Å². The molecule has 5 nitrogen and oxygen atoms in total. The third-order valence-electron chi connectivity index (χ3n) is 4.29. The van der Waals surface area contributed by atoms with Crippen LogP contribution in [0, 0.1) is 0 Å². The third-order valence-corrected chi connectivity index (χ3v) is 4.29. The van der Waals surface area contributed by atoms with Crippen LogP contribution in [0.3, 0.4) is 0 Å². The molecule has 0 spiro atoms. The molecule has 8 heteroatoms. The van der Waals surface area contributed by atoms with Crippen molar-refractivity contribution in [2.45, 2.75) is 25.1 Å². The zero-order chi connectivity index (χ0) is 15.6. The highest BCUT2D eigenvalue weighted by Gasteiger charge is 2.33. The first-order valence-electron chi connectivity index (χ1n) is 7.50. The van der Waals surface area contributed by atoms with Gasteiger partial charge in [0.15, 0.2) is 0 Å². The number of anilines is 1. The fraction of sp³-hybridized carbons (Fsp3) is 0.714. The minimum Gasteiger partial charge on any atom is -0.381 e. The van der Waals surface area contributed by atoms with Gasteiger partial charge < -0.3 is 9.64 Å². The van der Waals surface area contributed by atoms with Crippen molar-refractivity contribution in [3.8, 4) is 0 Å². The molecule has 3 rings (SSSR count). The van der Waals surface area contributed by atoms with Crippen molar-refractivity contribution < 1.29 is 17.9 Å². The molecule has 0 bridgehead atoms. The van der Waals surface area contributed by atoms with Gasteiger partial charge >= 0.3 is 6.18 Å². The Labute approximate surface area is 127 Å². The Hall–Kier alpha value is -1.41. The largest absolute Gasteiger partial charge is 0.433 e. The van der Waals surface area contributed by atoms with Gasteiger partial charge in [0.1, 0.15) is 17.8 Å². The van der Waals surface area contributed by atoms with Gasteiger partial charge in [-0.1, -0.05) is 0 Å². The molecule has 0 radical (unpaired) electrons. The third kappa shape index (κ3) is 3.49. The summed E-state index contributed by atoms with van der Waals surface area (Å²) in [7, 11) is 0. The molecule has 0 atom stereocenters. The molecule has 0 amide bonds. The van der Waals surface area contributed by atoms with E-state index in [2.05, 4.69) is 14.9 Å². The number of halogens is 3. The summed E-state index contributed by atoms with van der Waals surface area (Å²) in [4.78, 5) is 11.6. The number of aromatic nitrogens is 2. The van der Waals surface area contributed by atoms with Crippen LogP contribution in [0.15, 0.2) is 12.4 Å². The second kappa shape index (κ2) is 6.37. The molecule has 0 unspecified atom stereocenters. The molecule has 0 N–H and O–H groups in total. The minimum atomic E-state index is -4.43. The van der Waals surface area contributed by atoms with E-state index in [1.807, 2.05) is 4.90 Å². The summed E-state index contributed by atoms with van der Waals surface area (Å²) in [6.45, 7) is 4.65. The first-order chi connectivity index (χ1) is 10.5. The fourth-order valence-electron chi connectivity index (χ4n) is 3.04. The van der Waals surface area contributed by atoms with Crippen molar-refractivity contribution in [1.29, 1.82) is 0 Å². The van der Waals surface area contributed by atoms with Crippen LogP contribution < -0.4 is 4.90 Å². The Kier molecular flexibility index (Phi) is 4.49. The summed E-state index contributed by atoms with van der Waals surface area (Å²) in [5.74, 6) is 0.356. The first kappa shape index (κ1) is 15.5. The maximum Gasteiger partial charge on any atom is 0.433 e. The lowest BCUT2D eigenvalue weighted by molar-refractivity contribution is -0.141. The lowest BCUT2D eigenvalue weighted by Gasteiger charge is -2.41. The van der Waals surface area contributed by atoms with Crippen LogP contribution in [-0.4, -0.2) is 60.3 Å². The lowest BCUT2D eigenvalue weighted by Crippen LogP contribution is -2.51. The molecule has 1 aromatic rings. The van der Waals surface area contributed by atoms with Gasteiger partial charge in [0.25, 0.3) is 0 Å². The highest BCUT2D eigenvalue weighted by Crippen LogP contribution is 2.29. The van der Waals surface area contributed by atoms with E-state index >= 15 is 0 Å². The van der Waals surface area contributed by atoms with E-state index < -0.39 is 11.9 Å². The predicted octanol–water partition coefficient (Wildman–Crippen LogP) is 1.80. The Balaban J connectivity index is 1.61. The van der Waals surface area contributed by atoms with Crippen LogP contribution >= 0.6 is 0 Å². The van der Waals surface area contributed by atoms with Crippen molar-refractivity contribution in [3.05, 3.63) is 18.1 Å². The van der Waals surface area contributed by atoms with E-state index in [0.717, 1.165) is 51.5 Å². The number of ether oxygens (including phenoxy) is 1. The smallest absolute Gasteiger partial charge is 0.381 e. The van der Waals surface area contributed by atoms with E-state index in [4.69, 9.17) is 4.74 Å². The maximum atomic E-state index is 12.7. The molecule has 2 saturated heterocycles. The fourth-order valence-corrected chi connectivity index (χ4v) is 3.04. The summed E-state index contributed by atoms with van der Waals surface area (Å²) < 4.78 is 43.5. The van der Waals surface area contributed by atoms with Crippen molar-refractivity contribution in [1.82, 2.24) is 14.9 Å². The first-order valence-corrected chi connectivity index (χ1v) is 7.50. The van der Waals surface area contributed by atoms with Gasteiger partial charge in [0.05, 0.1) is 0 Å². The number of piperazine rings is 1. The average molecular weight is 316 g/mol. The topological polar surface area (TPSA) is 41.5 Å². The van der Waals surface area contributed by atoms with Gasteiger partial charge in [0, 0.05) is 51.5 Å². The summed E-state index contributed by atoms with van der Waals surface area (Å²) in [5, 5.41) is 0. The Morgan fingerprint density at radius 1 is 1.05 bits per heavy atom. The predicted molar refractivity (Wildman–Crippen MR) is 74.7 cm³/mol. The molecule has 2 aliphatic heterocycles. The van der Waals surface area contributed by atoms with Gasteiger partial charge in [-0.15, -0.1) is 0 Å². The molecule has 2 fully saturated rings. The molecule has 0 aliphatic carbocycles. The number of nitrogens with zero attached hydrogens (tertiary/aromatic N) is 4. The van der Waals surface area contributed by atoms with Crippen LogP contribution in [-0.2, 0) is 10.9 Å². The number of hydrogen-bond acceptors (Lipinski definition) is 5. The molecule has 3 heterocycles.